The predicted octanol–water partition coefficient (Wildman–Crippen LogP) is 2.99. The van der Waals surface area contributed by atoms with Crippen LogP contribution in [0.4, 0.5) is 0 Å². The van der Waals surface area contributed by atoms with Crippen molar-refractivity contribution in [3.8, 4) is 0 Å². The number of hydrogen-bond donors (Lipinski definition) is 1. The highest BCUT2D eigenvalue weighted by molar-refractivity contribution is 5.89. The number of rotatable bonds is 2. The van der Waals surface area contributed by atoms with Gasteiger partial charge in [0.25, 0.3) is 0 Å². The van der Waals surface area contributed by atoms with Crippen molar-refractivity contribution < 1.29 is 9.90 Å². The summed E-state index contributed by atoms with van der Waals surface area (Å²) in [5.74, 6) is -0.721. The van der Waals surface area contributed by atoms with E-state index < -0.39 is 5.97 Å². The zero-order chi connectivity index (χ0) is 10.1. The molecule has 1 rings (SSSR count). The number of carbonyl (C=O) groups is 1. The number of carboxylic acids is 1. The van der Waals surface area contributed by atoms with Gasteiger partial charge in [-0.1, -0.05) is 26.3 Å². The lowest BCUT2D eigenvalue weighted by Crippen LogP contribution is -2.26. The largest absolute Gasteiger partial charge is 0.478 e. The number of aliphatic carboxylic acids is 1. The van der Waals surface area contributed by atoms with Gasteiger partial charge < -0.3 is 5.11 Å². The van der Waals surface area contributed by atoms with Crippen LogP contribution in [0, 0.1) is 5.41 Å². The second kappa shape index (κ2) is 3.52. The fourth-order valence-corrected chi connectivity index (χ4v) is 2.27. The van der Waals surface area contributed by atoms with Gasteiger partial charge in [0.15, 0.2) is 0 Å². The molecule has 74 valence electrons. The Morgan fingerprint density at radius 3 is 2.54 bits per heavy atom. The van der Waals surface area contributed by atoms with Crippen LogP contribution in [0.5, 0.6) is 0 Å². The average molecular weight is 182 g/mol. The Bertz CT molecular complexity index is 249. The van der Waals surface area contributed by atoms with E-state index >= 15 is 0 Å². The molecule has 2 nitrogen and oxygen atoms in total. The van der Waals surface area contributed by atoms with Gasteiger partial charge in [0, 0.05) is 5.57 Å². The minimum atomic E-state index is -0.721. The molecule has 0 saturated heterocycles. The summed E-state index contributed by atoms with van der Waals surface area (Å²) >= 11 is 0. The van der Waals surface area contributed by atoms with Gasteiger partial charge in [0.05, 0.1) is 0 Å². The van der Waals surface area contributed by atoms with Crippen LogP contribution in [0.2, 0.25) is 0 Å². The SMILES string of the molecule is CCC1=C(C(=O)O)C(C)(C)CCC1. The van der Waals surface area contributed by atoms with Crippen molar-refractivity contribution in [2.45, 2.75) is 46.5 Å². The summed E-state index contributed by atoms with van der Waals surface area (Å²) in [6.07, 6.45) is 3.98. The minimum Gasteiger partial charge on any atom is -0.478 e. The molecule has 0 aliphatic heterocycles. The van der Waals surface area contributed by atoms with Crippen molar-refractivity contribution in [2.24, 2.45) is 5.41 Å². The molecule has 0 fully saturated rings. The van der Waals surface area contributed by atoms with Gasteiger partial charge >= 0.3 is 5.97 Å². The molecule has 0 atom stereocenters. The Morgan fingerprint density at radius 1 is 1.54 bits per heavy atom. The van der Waals surface area contributed by atoms with Crippen molar-refractivity contribution in [3.05, 3.63) is 11.1 Å². The Hall–Kier alpha value is -0.790. The van der Waals surface area contributed by atoms with E-state index in [0.717, 1.165) is 31.3 Å². The van der Waals surface area contributed by atoms with Gasteiger partial charge in [0.2, 0.25) is 0 Å². The maximum atomic E-state index is 11.1. The predicted molar refractivity (Wildman–Crippen MR) is 52.6 cm³/mol. The second-order valence-electron chi connectivity index (χ2n) is 4.37. The van der Waals surface area contributed by atoms with Crippen molar-refractivity contribution >= 4 is 5.97 Å². The monoisotopic (exact) mass is 182 g/mol. The van der Waals surface area contributed by atoms with E-state index in [2.05, 4.69) is 0 Å². The molecule has 0 aromatic heterocycles. The fraction of sp³-hybridized carbons (Fsp3) is 0.727. The third-order valence-electron chi connectivity index (χ3n) is 2.95. The van der Waals surface area contributed by atoms with E-state index in [1.165, 1.54) is 0 Å². The summed E-state index contributed by atoms with van der Waals surface area (Å²) in [6.45, 7) is 6.11. The minimum absolute atomic E-state index is 0.130. The zero-order valence-electron chi connectivity index (χ0n) is 8.68. The molecular weight excluding hydrogens is 164 g/mol. The second-order valence-corrected chi connectivity index (χ2v) is 4.37. The maximum absolute atomic E-state index is 11.1. The molecule has 0 aromatic rings. The van der Waals surface area contributed by atoms with Gasteiger partial charge in [-0.2, -0.15) is 0 Å². The Balaban J connectivity index is 3.12. The lowest BCUT2D eigenvalue weighted by atomic mass is 9.72. The summed E-state index contributed by atoms with van der Waals surface area (Å²) in [5, 5.41) is 9.12. The normalized spacial score (nSPS) is 21.8. The molecule has 0 unspecified atom stereocenters. The molecule has 0 spiro atoms. The molecule has 13 heavy (non-hydrogen) atoms. The van der Waals surface area contributed by atoms with Crippen LogP contribution in [0.25, 0.3) is 0 Å². The van der Waals surface area contributed by atoms with E-state index in [1.54, 1.807) is 0 Å². The van der Waals surface area contributed by atoms with Crippen LogP contribution in [0.3, 0.4) is 0 Å². The number of carboxylic acid groups (broad SMARTS) is 1. The van der Waals surface area contributed by atoms with Crippen LogP contribution >= 0.6 is 0 Å². The van der Waals surface area contributed by atoms with E-state index in [4.69, 9.17) is 5.11 Å². The highest BCUT2D eigenvalue weighted by atomic mass is 16.4. The standard InChI is InChI=1S/C11H18O2/c1-4-8-6-5-7-11(2,3)9(8)10(12)13/h4-7H2,1-3H3,(H,12,13). The summed E-state index contributed by atoms with van der Waals surface area (Å²) in [5.41, 5.74) is 1.68. The van der Waals surface area contributed by atoms with Gasteiger partial charge in [0.1, 0.15) is 0 Å². The maximum Gasteiger partial charge on any atom is 0.332 e. The van der Waals surface area contributed by atoms with Gasteiger partial charge in [-0.05, 0) is 31.1 Å². The topological polar surface area (TPSA) is 37.3 Å². The molecule has 1 aliphatic rings. The van der Waals surface area contributed by atoms with E-state index in [-0.39, 0.29) is 5.41 Å². The van der Waals surface area contributed by atoms with E-state index in [9.17, 15) is 4.79 Å². The highest BCUT2D eigenvalue weighted by Gasteiger charge is 2.33. The van der Waals surface area contributed by atoms with Crippen LogP contribution in [-0.4, -0.2) is 11.1 Å². The molecule has 0 radical (unpaired) electrons. The van der Waals surface area contributed by atoms with Crippen molar-refractivity contribution in [1.82, 2.24) is 0 Å². The first-order valence-corrected chi connectivity index (χ1v) is 4.95. The third-order valence-corrected chi connectivity index (χ3v) is 2.95. The Morgan fingerprint density at radius 2 is 2.15 bits per heavy atom. The fourth-order valence-electron chi connectivity index (χ4n) is 2.27. The Labute approximate surface area is 79.6 Å². The molecule has 0 heterocycles. The summed E-state index contributed by atoms with van der Waals surface area (Å²) in [6, 6.07) is 0. The van der Waals surface area contributed by atoms with Gasteiger partial charge in [-0.25, -0.2) is 4.79 Å². The van der Waals surface area contributed by atoms with Crippen molar-refractivity contribution in [3.63, 3.8) is 0 Å². The quantitative estimate of drug-likeness (QED) is 0.712. The molecule has 0 saturated carbocycles. The summed E-state index contributed by atoms with van der Waals surface area (Å²) < 4.78 is 0. The first-order chi connectivity index (χ1) is 5.99. The lowest BCUT2D eigenvalue weighted by molar-refractivity contribution is -0.134. The van der Waals surface area contributed by atoms with Gasteiger partial charge in [-0.15, -0.1) is 0 Å². The number of allylic oxidation sites excluding steroid dienone is 1. The summed E-state index contributed by atoms with van der Waals surface area (Å²) in [4.78, 5) is 11.1. The van der Waals surface area contributed by atoms with Crippen molar-refractivity contribution in [2.75, 3.05) is 0 Å². The molecule has 1 aliphatic carbocycles. The smallest absolute Gasteiger partial charge is 0.332 e. The molecule has 1 N–H and O–H groups in total. The van der Waals surface area contributed by atoms with Crippen molar-refractivity contribution in [1.29, 1.82) is 0 Å². The summed E-state index contributed by atoms with van der Waals surface area (Å²) in [7, 11) is 0. The van der Waals surface area contributed by atoms with Crippen LogP contribution in [0.1, 0.15) is 46.5 Å². The van der Waals surface area contributed by atoms with Crippen LogP contribution in [-0.2, 0) is 4.79 Å². The molecular formula is C11H18O2. The molecule has 2 heteroatoms. The first-order valence-electron chi connectivity index (χ1n) is 4.95. The zero-order valence-corrected chi connectivity index (χ0v) is 8.68. The third kappa shape index (κ3) is 1.93. The van der Waals surface area contributed by atoms with Crippen LogP contribution in [0.15, 0.2) is 11.1 Å². The Kier molecular flexibility index (Phi) is 2.79. The van der Waals surface area contributed by atoms with Gasteiger partial charge in [-0.3, -0.25) is 0 Å². The molecule has 0 aromatic carbocycles. The lowest BCUT2D eigenvalue weighted by Gasteiger charge is -2.32. The molecule has 0 bridgehead atoms. The first kappa shape index (κ1) is 10.3. The highest BCUT2D eigenvalue weighted by Crippen LogP contribution is 2.41. The molecule has 0 amide bonds. The van der Waals surface area contributed by atoms with Crippen LogP contribution < -0.4 is 0 Å². The van der Waals surface area contributed by atoms with E-state index in [0.29, 0.717) is 5.57 Å². The number of hydrogen-bond acceptors (Lipinski definition) is 1. The van der Waals surface area contributed by atoms with E-state index in [1.807, 2.05) is 20.8 Å². The average Bonchev–Trinajstić information content (AvgIpc) is 2.01.